The number of carboxylic acids is 1. The van der Waals surface area contributed by atoms with Crippen molar-refractivity contribution in [1.29, 1.82) is 0 Å². The number of rotatable bonds is 9. The van der Waals surface area contributed by atoms with Crippen molar-refractivity contribution in [1.82, 2.24) is 10.6 Å². The Hall–Kier alpha value is -3.10. The Balaban J connectivity index is 2.34. The number of carbonyl (C=O) groups is 4. The molecule has 33 heavy (non-hydrogen) atoms. The summed E-state index contributed by atoms with van der Waals surface area (Å²) in [7, 11) is 0. The van der Waals surface area contributed by atoms with Crippen LogP contribution in [-0.2, 0) is 14.4 Å². The minimum absolute atomic E-state index is 0.0678. The first-order chi connectivity index (χ1) is 15.5. The summed E-state index contributed by atoms with van der Waals surface area (Å²) in [4.78, 5) is 52.4. The average Bonchev–Trinajstić information content (AvgIpc) is 2.74. The standard InChI is InChI=1S/C24H36N4O5/c1-7-15(6)19(21(29)26-17(23(31)32)12-13(2)3)27-24(33)28-18-11-9-8-10-16(18)25-22(30)20(28)14(4)5/h8-11,13-15,17,19-20H,7,12H2,1-6H3,(H,25,30)(H,26,29)(H,27,33)(H,31,32)/t15-,17-,19-,20-/m0/s1. The molecule has 0 fully saturated rings. The Morgan fingerprint density at radius 1 is 1.09 bits per heavy atom. The van der Waals surface area contributed by atoms with Crippen LogP contribution in [0.4, 0.5) is 16.2 Å². The van der Waals surface area contributed by atoms with Gasteiger partial charge in [-0.15, -0.1) is 0 Å². The third-order valence-electron chi connectivity index (χ3n) is 5.91. The van der Waals surface area contributed by atoms with Crippen LogP contribution in [0.25, 0.3) is 0 Å². The summed E-state index contributed by atoms with van der Waals surface area (Å²) in [5.74, 6) is -2.34. The normalized spacial score (nSPS) is 18.2. The maximum absolute atomic E-state index is 13.5. The maximum atomic E-state index is 13.5. The van der Waals surface area contributed by atoms with Crippen LogP contribution in [0.3, 0.4) is 0 Å². The molecule has 2 rings (SSSR count). The van der Waals surface area contributed by atoms with Crippen molar-refractivity contribution in [2.24, 2.45) is 17.8 Å². The van der Waals surface area contributed by atoms with Crippen LogP contribution in [0, 0.1) is 17.8 Å². The fraction of sp³-hybridized carbons (Fsp3) is 0.583. The zero-order valence-corrected chi connectivity index (χ0v) is 20.2. The second-order valence-electron chi connectivity index (χ2n) is 9.41. The third-order valence-corrected chi connectivity index (χ3v) is 5.91. The second kappa shape index (κ2) is 11.2. The molecule has 0 bridgehead atoms. The number of benzene rings is 1. The van der Waals surface area contributed by atoms with Gasteiger partial charge < -0.3 is 21.1 Å². The number of aliphatic carboxylic acids is 1. The number of carboxylic acid groups (broad SMARTS) is 1. The molecule has 1 aliphatic heterocycles. The number of hydrogen-bond acceptors (Lipinski definition) is 4. The summed E-state index contributed by atoms with van der Waals surface area (Å²) in [6.45, 7) is 11.2. The summed E-state index contributed by atoms with van der Waals surface area (Å²) < 4.78 is 0. The van der Waals surface area contributed by atoms with Gasteiger partial charge in [-0.3, -0.25) is 14.5 Å². The molecule has 1 heterocycles. The van der Waals surface area contributed by atoms with E-state index in [0.717, 1.165) is 0 Å². The van der Waals surface area contributed by atoms with Crippen LogP contribution >= 0.6 is 0 Å². The van der Waals surface area contributed by atoms with Crippen molar-refractivity contribution in [2.45, 2.75) is 72.5 Å². The van der Waals surface area contributed by atoms with Gasteiger partial charge in [-0.05, 0) is 36.3 Å². The highest BCUT2D eigenvalue weighted by atomic mass is 16.4. The number of anilines is 2. The quantitative estimate of drug-likeness (QED) is 0.450. The van der Waals surface area contributed by atoms with Crippen LogP contribution < -0.4 is 20.9 Å². The van der Waals surface area contributed by atoms with Crippen molar-refractivity contribution < 1.29 is 24.3 Å². The van der Waals surface area contributed by atoms with E-state index in [1.807, 2.05) is 41.5 Å². The van der Waals surface area contributed by atoms with Crippen molar-refractivity contribution >= 4 is 35.2 Å². The Morgan fingerprint density at radius 2 is 1.73 bits per heavy atom. The lowest BCUT2D eigenvalue weighted by molar-refractivity contribution is -0.142. The molecule has 0 radical (unpaired) electrons. The molecule has 1 aliphatic rings. The van der Waals surface area contributed by atoms with Crippen molar-refractivity contribution in [2.75, 3.05) is 10.2 Å². The van der Waals surface area contributed by atoms with Gasteiger partial charge in [-0.1, -0.05) is 60.1 Å². The summed E-state index contributed by atoms with van der Waals surface area (Å²) in [5.41, 5.74) is 1.06. The van der Waals surface area contributed by atoms with Gasteiger partial charge in [0.05, 0.1) is 11.4 Å². The van der Waals surface area contributed by atoms with E-state index in [0.29, 0.717) is 17.8 Å². The minimum atomic E-state index is -1.12. The van der Waals surface area contributed by atoms with Gasteiger partial charge in [0.2, 0.25) is 11.8 Å². The smallest absolute Gasteiger partial charge is 0.326 e. The molecular weight excluding hydrogens is 424 g/mol. The number of urea groups is 1. The van der Waals surface area contributed by atoms with Gasteiger partial charge in [0.1, 0.15) is 18.1 Å². The van der Waals surface area contributed by atoms with Crippen molar-refractivity contribution in [3.8, 4) is 0 Å². The van der Waals surface area contributed by atoms with E-state index < -0.39 is 36.0 Å². The van der Waals surface area contributed by atoms with Crippen LogP contribution in [-0.4, -0.2) is 47.0 Å². The van der Waals surface area contributed by atoms with Crippen LogP contribution in [0.1, 0.15) is 54.4 Å². The molecule has 1 aromatic carbocycles. The first-order valence-electron chi connectivity index (χ1n) is 11.5. The van der Waals surface area contributed by atoms with Gasteiger partial charge in [-0.25, -0.2) is 9.59 Å². The monoisotopic (exact) mass is 460 g/mol. The number of nitrogens with one attached hydrogen (secondary N) is 3. The lowest BCUT2D eigenvalue weighted by atomic mass is 9.96. The molecule has 4 N–H and O–H groups in total. The summed E-state index contributed by atoms with van der Waals surface area (Å²) in [6, 6.07) is 3.65. The molecule has 182 valence electrons. The molecule has 0 spiro atoms. The van der Waals surface area contributed by atoms with Gasteiger partial charge in [0, 0.05) is 0 Å². The summed E-state index contributed by atoms with van der Waals surface area (Å²) >= 11 is 0. The first kappa shape index (κ1) is 26.2. The van der Waals surface area contributed by atoms with Crippen LogP contribution in [0.15, 0.2) is 24.3 Å². The molecule has 0 aliphatic carbocycles. The second-order valence-corrected chi connectivity index (χ2v) is 9.41. The molecule has 4 atom stereocenters. The SMILES string of the molecule is CC[C@H](C)[C@H](NC(=O)N1c2ccccc2NC(=O)[C@@H]1C(C)C)C(=O)N[C@@H](CC(C)C)C(=O)O. The van der Waals surface area contributed by atoms with Gasteiger partial charge in [0.15, 0.2) is 0 Å². The van der Waals surface area contributed by atoms with Crippen LogP contribution in [0.5, 0.6) is 0 Å². The molecule has 9 nitrogen and oxygen atoms in total. The molecule has 0 saturated carbocycles. The van der Waals surface area contributed by atoms with Crippen molar-refractivity contribution in [3.05, 3.63) is 24.3 Å². The molecule has 0 saturated heterocycles. The van der Waals surface area contributed by atoms with Gasteiger partial charge >= 0.3 is 12.0 Å². The lowest BCUT2D eigenvalue weighted by Crippen LogP contribution is -2.61. The first-order valence-corrected chi connectivity index (χ1v) is 11.5. The maximum Gasteiger partial charge on any atom is 0.326 e. The van der Waals surface area contributed by atoms with E-state index in [9.17, 15) is 24.3 Å². The van der Waals surface area contributed by atoms with E-state index in [2.05, 4.69) is 16.0 Å². The largest absolute Gasteiger partial charge is 0.480 e. The zero-order valence-electron chi connectivity index (χ0n) is 20.2. The van der Waals surface area contributed by atoms with E-state index in [4.69, 9.17) is 0 Å². The number of hydrogen-bond donors (Lipinski definition) is 4. The number of amides is 4. The number of nitrogens with zero attached hydrogens (tertiary/aromatic N) is 1. The van der Waals surface area contributed by atoms with Gasteiger partial charge in [-0.2, -0.15) is 0 Å². The molecular formula is C24H36N4O5. The number of fused-ring (bicyclic) bond motifs is 1. The van der Waals surface area contributed by atoms with Crippen molar-refractivity contribution in [3.63, 3.8) is 0 Å². The third kappa shape index (κ3) is 6.24. The summed E-state index contributed by atoms with van der Waals surface area (Å²) in [6.07, 6.45) is 0.863. The highest BCUT2D eigenvalue weighted by Gasteiger charge is 2.40. The lowest BCUT2D eigenvalue weighted by Gasteiger charge is -2.39. The fourth-order valence-corrected chi connectivity index (χ4v) is 3.96. The molecule has 0 unspecified atom stereocenters. The topological polar surface area (TPSA) is 128 Å². The highest BCUT2D eigenvalue weighted by Crippen LogP contribution is 2.34. The number of carbonyl (C=O) groups excluding carboxylic acids is 3. The van der Waals surface area contributed by atoms with E-state index in [-0.39, 0.29) is 30.1 Å². The zero-order chi connectivity index (χ0) is 24.9. The Kier molecular flexibility index (Phi) is 8.84. The minimum Gasteiger partial charge on any atom is -0.480 e. The van der Waals surface area contributed by atoms with Crippen LogP contribution in [0.2, 0.25) is 0 Å². The summed E-state index contributed by atoms with van der Waals surface area (Å²) in [5, 5.41) is 17.7. The molecule has 9 heteroatoms. The van der Waals surface area contributed by atoms with E-state index in [1.165, 1.54) is 4.90 Å². The number of para-hydroxylation sites is 2. The Labute approximate surface area is 195 Å². The van der Waals surface area contributed by atoms with E-state index in [1.54, 1.807) is 24.3 Å². The predicted octanol–water partition coefficient (Wildman–Crippen LogP) is 3.21. The van der Waals surface area contributed by atoms with E-state index >= 15 is 0 Å². The predicted molar refractivity (Wildman–Crippen MR) is 127 cm³/mol. The highest BCUT2D eigenvalue weighted by molar-refractivity contribution is 6.12. The Bertz CT molecular complexity index is 885. The molecule has 1 aromatic rings. The van der Waals surface area contributed by atoms with Gasteiger partial charge in [0.25, 0.3) is 0 Å². The fourth-order valence-electron chi connectivity index (χ4n) is 3.96. The average molecular weight is 461 g/mol. The Morgan fingerprint density at radius 3 is 2.27 bits per heavy atom. The molecule has 0 aromatic heterocycles. The molecule has 4 amide bonds.